The number of aromatic nitrogens is 5. The van der Waals surface area contributed by atoms with Gasteiger partial charge in [-0.25, -0.2) is 0 Å². The van der Waals surface area contributed by atoms with Crippen LogP contribution in [0.4, 0.5) is 0 Å². The van der Waals surface area contributed by atoms with Crippen LogP contribution in [0, 0.1) is 6.92 Å². The molecule has 2 aromatic rings. The van der Waals surface area contributed by atoms with E-state index in [4.69, 9.17) is 4.52 Å². The summed E-state index contributed by atoms with van der Waals surface area (Å²) in [6.45, 7) is 1.74. The molecule has 6 nitrogen and oxygen atoms in total. The smallest absolute Gasteiger partial charge is 0.280 e. The average Bonchev–Trinajstić information content (AvgIpc) is 2.55. The van der Waals surface area contributed by atoms with Gasteiger partial charge in [-0.1, -0.05) is 5.16 Å². The molecule has 11 heavy (non-hydrogen) atoms. The summed E-state index contributed by atoms with van der Waals surface area (Å²) >= 11 is 0. The van der Waals surface area contributed by atoms with E-state index >= 15 is 0 Å². The minimum atomic E-state index is 0.385. The van der Waals surface area contributed by atoms with Crippen molar-refractivity contribution in [2.75, 3.05) is 0 Å². The van der Waals surface area contributed by atoms with Gasteiger partial charge in [-0.2, -0.15) is 20.4 Å². The fourth-order valence-electron chi connectivity index (χ4n) is 0.706. The Kier molecular flexibility index (Phi) is 1.18. The topological polar surface area (TPSA) is 80.5 Å². The average molecular weight is 151 g/mol. The number of aromatic amines is 1. The van der Waals surface area contributed by atoms with Crippen LogP contribution in [0.25, 0.3) is 11.6 Å². The summed E-state index contributed by atoms with van der Waals surface area (Å²) in [6, 6.07) is 0. The fraction of sp³-hybridized carbons (Fsp3) is 0.200. The third kappa shape index (κ3) is 0.977. The molecule has 0 radical (unpaired) electrons. The lowest BCUT2D eigenvalue weighted by molar-refractivity contribution is 0.424. The van der Waals surface area contributed by atoms with E-state index in [2.05, 4.69) is 25.6 Å². The van der Waals surface area contributed by atoms with E-state index in [9.17, 15) is 0 Å². The van der Waals surface area contributed by atoms with Crippen LogP contribution in [-0.2, 0) is 0 Å². The van der Waals surface area contributed by atoms with Gasteiger partial charge in [0.15, 0.2) is 11.5 Å². The lowest BCUT2D eigenvalue weighted by Crippen LogP contribution is -1.77. The minimum absolute atomic E-state index is 0.385. The van der Waals surface area contributed by atoms with Crippen molar-refractivity contribution in [1.29, 1.82) is 0 Å². The summed E-state index contributed by atoms with van der Waals surface area (Å²) in [4.78, 5) is 3.95. The zero-order valence-electron chi connectivity index (χ0n) is 5.77. The van der Waals surface area contributed by atoms with Gasteiger partial charge in [-0.15, -0.1) is 0 Å². The standard InChI is InChI=1S/C5H5N5O/c1-3-7-5(11-9-3)4-2-6-10-8-4/h2H,1H3,(H,6,8,10). The second kappa shape index (κ2) is 2.15. The number of nitrogens with zero attached hydrogens (tertiary/aromatic N) is 4. The Bertz CT molecular complexity index is 337. The Labute approximate surface area is 61.6 Å². The minimum Gasteiger partial charge on any atom is -0.332 e. The maximum absolute atomic E-state index is 4.83. The molecule has 2 rings (SSSR count). The zero-order valence-corrected chi connectivity index (χ0v) is 5.77. The molecule has 0 amide bonds. The van der Waals surface area contributed by atoms with Crippen LogP contribution < -0.4 is 0 Å². The molecule has 0 unspecified atom stereocenters. The van der Waals surface area contributed by atoms with Gasteiger partial charge in [-0.05, 0) is 6.92 Å². The molecule has 0 aliphatic rings. The van der Waals surface area contributed by atoms with Gasteiger partial charge < -0.3 is 4.52 Å². The van der Waals surface area contributed by atoms with Crippen LogP contribution in [0.15, 0.2) is 10.7 Å². The molecule has 0 fully saturated rings. The molecule has 0 aliphatic carbocycles. The lowest BCUT2D eigenvalue weighted by atomic mass is 10.5. The summed E-state index contributed by atoms with van der Waals surface area (Å²) in [7, 11) is 0. The molecule has 0 atom stereocenters. The molecular weight excluding hydrogens is 146 g/mol. The van der Waals surface area contributed by atoms with Crippen molar-refractivity contribution in [3.63, 3.8) is 0 Å². The van der Waals surface area contributed by atoms with E-state index < -0.39 is 0 Å². The molecule has 6 heteroatoms. The summed E-state index contributed by atoms with van der Waals surface area (Å²) in [6.07, 6.45) is 1.52. The van der Waals surface area contributed by atoms with Crippen LogP contribution >= 0.6 is 0 Å². The molecule has 0 saturated carbocycles. The third-order valence-electron chi connectivity index (χ3n) is 1.16. The van der Waals surface area contributed by atoms with E-state index in [0.29, 0.717) is 17.4 Å². The first-order valence-electron chi connectivity index (χ1n) is 3.03. The first-order chi connectivity index (χ1) is 5.36. The first kappa shape index (κ1) is 6.02. The Morgan fingerprint density at radius 2 is 2.45 bits per heavy atom. The van der Waals surface area contributed by atoms with Crippen LogP contribution in [0.3, 0.4) is 0 Å². The second-order valence-electron chi connectivity index (χ2n) is 2.00. The second-order valence-corrected chi connectivity index (χ2v) is 2.00. The van der Waals surface area contributed by atoms with Crippen molar-refractivity contribution >= 4 is 0 Å². The number of H-pyrrole nitrogens is 1. The number of rotatable bonds is 1. The van der Waals surface area contributed by atoms with E-state index in [1.54, 1.807) is 6.92 Å². The Morgan fingerprint density at radius 1 is 1.55 bits per heavy atom. The molecule has 0 aliphatic heterocycles. The lowest BCUT2D eigenvalue weighted by Gasteiger charge is -1.78. The number of hydrogen-bond acceptors (Lipinski definition) is 5. The molecule has 0 spiro atoms. The van der Waals surface area contributed by atoms with Crippen molar-refractivity contribution in [3.8, 4) is 11.6 Å². The molecule has 2 heterocycles. The molecule has 0 aromatic carbocycles. The number of aryl methyl sites for hydroxylation is 1. The summed E-state index contributed by atoms with van der Waals surface area (Å²) < 4.78 is 4.83. The van der Waals surface area contributed by atoms with E-state index in [-0.39, 0.29) is 0 Å². The maximum atomic E-state index is 4.83. The fourth-order valence-corrected chi connectivity index (χ4v) is 0.706. The largest absolute Gasteiger partial charge is 0.332 e. The number of hydrogen-bond donors (Lipinski definition) is 1. The monoisotopic (exact) mass is 151 g/mol. The van der Waals surface area contributed by atoms with Gasteiger partial charge in [0.05, 0.1) is 6.20 Å². The van der Waals surface area contributed by atoms with E-state index in [0.717, 1.165) is 0 Å². The first-order valence-corrected chi connectivity index (χ1v) is 3.03. The van der Waals surface area contributed by atoms with Crippen LogP contribution in [0.2, 0.25) is 0 Å². The molecule has 0 bridgehead atoms. The van der Waals surface area contributed by atoms with Crippen molar-refractivity contribution in [3.05, 3.63) is 12.0 Å². The number of nitrogens with one attached hydrogen (secondary N) is 1. The SMILES string of the molecule is Cc1noc(-c2cn[nH]n2)n1. The summed E-state index contributed by atoms with van der Waals surface area (Å²) in [5.74, 6) is 0.972. The normalized spacial score (nSPS) is 10.3. The van der Waals surface area contributed by atoms with Gasteiger partial charge in [-0.3, -0.25) is 0 Å². The van der Waals surface area contributed by atoms with Crippen molar-refractivity contribution in [2.45, 2.75) is 6.92 Å². The van der Waals surface area contributed by atoms with Crippen molar-refractivity contribution in [2.24, 2.45) is 0 Å². The van der Waals surface area contributed by atoms with E-state index in [1.165, 1.54) is 6.20 Å². The summed E-state index contributed by atoms with van der Waals surface area (Å²) in [5.41, 5.74) is 0.561. The Morgan fingerprint density at radius 3 is 3.00 bits per heavy atom. The van der Waals surface area contributed by atoms with Crippen molar-refractivity contribution < 1.29 is 4.52 Å². The van der Waals surface area contributed by atoms with Gasteiger partial charge >= 0.3 is 0 Å². The van der Waals surface area contributed by atoms with Gasteiger partial charge in [0.2, 0.25) is 0 Å². The maximum Gasteiger partial charge on any atom is 0.280 e. The summed E-state index contributed by atoms with van der Waals surface area (Å²) in [5, 5.41) is 13.4. The highest BCUT2D eigenvalue weighted by Crippen LogP contribution is 2.10. The van der Waals surface area contributed by atoms with Crippen LogP contribution in [-0.4, -0.2) is 25.6 Å². The molecule has 56 valence electrons. The molecule has 2 aromatic heterocycles. The van der Waals surface area contributed by atoms with Crippen LogP contribution in [0.5, 0.6) is 0 Å². The van der Waals surface area contributed by atoms with Gasteiger partial charge in [0, 0.05) is 0 Å². The predicted octanol–water partition coefficient (Wildman–Crippen LogP) is 0.163. The van der Waals surface area contributed by atoms with Crippen molar-refractivity contribution in [1.82, 2.24) is 25.6 Å². The highest BCUT2D eigenvalue weighted by Gasteiger charge is 2.07. The molecule has 1 N–H and O–H groups in total. The highest BCUT2D eigenvalue weighted by molar-refractivity contribution is 5.42. The van der Waals surface area contributed by atoms with E-state index in [1.807, 2.05) is 0 Å². The predicted molar refractivity (Wildman–Crippen MR) is 34.4 cm³/mol. The molecule has 0 saturated heterocycles. The van der Waals surface area contributed by atoms with Crippen LogP contribution in [0.1, 0.15) is 5.82 Å². The zero-order chi connectivity index (χ0) is 7.68. The Hall–Kier alpha value is -1.72. The van der Waals surface area contributed by atoms with Gasteiger partial charge in [0.25, 0.3) is 5.89 Å². The van der Waals surface area contributed by atoms with Gasteiger partial charge in [0.1, 0.15) is 0 Å². The Balaban J connectivity index is 2.45. The molecular formula is C5H5N5O. The quantitative estimate of drug-likeness (QED) is 0.628. The third-order valence-corrected chi connectivity index (χ3v) is 1.16. The highest BCUT2D eigenvalue weighted by atomic mass is 16.5.